The van der Waals surface area contributed by atoms with E-state index in [1.807, 2.05) is 31.2 Å². The van der Waals surface area contributed by atoms with Crippen LogP contribution in [0.1, 0.15) is 36.4 Å². The van der Waals surface area contributed by atoms with Gasteiger partial charge in [-0.1, -0.05) is 36.2 Å². The van der Waals surface area contributed by atoms with Crippen molar-refractivity contribution in [2.24, 2.45) is 5.84 Å². The molecule has 1 aliphatic heterocycles. The summed E-state index contributed by atoms with van der Waals surface area (Å²) < 4.78 is 24.3. The van der Waals surface area contributed by atoms with Crippen LogP contribution >= 0.6 is 0 Å². The molecule has 0 spiro atoms. The highest BCUT2D eigenvalue weighted by molar-refractivity contribution is 7.92. The van der Waals surface area contributed by atoms with Crippen molar-refractivity contribution in [2.45, 2.75) is 37.5 Å². The van der Waals surface area contributed by atoms with E-state index in [4.69, 9.17) is 5.84 Å². The van der Waals surface area contributed by atoms with Crippen LogP contribution < -0.4 is 11.3 Å². The average Bonchev–Trinajstić information content (AvgIpc) is 2.32. The minimum absolute atomic E-state index is 0.279. The van der Waals surface area contributed by atoms with Gasteiger partial charge in [0.2, 0.25) is 0 Å². The van der Waals surface area contributed by atoms with E-state index in [1.54, 1.807) is 0 Å². The second-order valence-electron chi connectivity index (χ2n) is 4.96. The lowest BCUT2D eigenvalue weighted by Gasteiger charge is -2.30. The summed E-state index contributed by atoms with van der Waals surface area (Å²) in [6.45, 7) is 1.99. The van der Waals surface area contributed by atoms with Gasteiger partial charge < -0.3 is 0 Å². The summed E-state index contributed by atoms with van der Waals surface area (Å²) in [5, 5.41) is -0.405. The Bertz CT molecular complexity index is 513. The fraction of sp³-hybridized carbons (Fsp3) is 0.538. The maximum atomic E-state index is 12.1. The molecule has 0 bridgehead atoms. The van der Waals surface area contributed by atoms with Crippen molar-refractivity contribution in [1.82, 2.24) is 5.43 Å². The van der Waals surface area contributed by atoms with Gasteiger partial charge in [0.15, 0.2) is 9.84 Å². The number of nitrogens with one attached hydrogen (secondary N) is 1. The molecule has 0 aliphatic carbocycles. The predicted octanol–water partition coefficient (Wildman–Crippen LogP) is 1.47. The number of benzene rings is 1. The molecule has 0 aromatic heterocycles. The van der Waals surface area contributed by atoms with E-state index in [-0.39, 0.29) is 11.8 Å². The number of aryl methyl sites for hydroxylation is 1. The summed E-state index contributed by atoms with van der Waals surface area (Å²) in [5.41, 5.74) is 4.76. The van der Waals surface area contributed by atoms with Crippen molar-refractivity contribution >= 4 is 9.84 Å². The first kappa shape index (κ1) is 13.5. The second-order valence-corrected chi connectivity index (χ2v) is 7.30. The molecule has 1 fully saturated rings. The van der Waals surface area contributed by atoms with Gasteiger partial charge in [0, 0.05) is 0 Å². The summed E-state index contributed by atoms with van der Waals surface area (Å²) in [4.78, 5) is 0. The van der Waals surface area contributed by atoms with E-state index in [2.05, 4.69) is 5.43 Å². The zero-order valence-electron chi connectivity index (χ0n) is 10.6. The van der Waals surface area contributed by atoms with Crippen LogP contribution in [0.5, 0.6) is 0 Å². The van der Waals surface area contributed by atoms with Gasteiger partial charge in [0.05, 0.1) is 17.0 Å². The van der Waals surface area contributed by atoms with Gasteiger partial charge >= 0.3 is 0 Å². The highest BCUT2D eigenvalue weighted by Crippen LogP contribution is 2.30. The van der Waals surface area contributed by atoms with Gasteiger partial charge in [-0.25, -0.2) is 8.42 Å². The quantitative estimate of drug-likeness (QED) is 0.643. The topological polar surface area (TPSA) is 72.2 Å². The zero-order chi connectivity index (χ0) is 13.2. The van der Waals surface area contributed by atoms with Crippen LogP contribution in [-0.4, -0.2) is 19.4 Å². The molecule has 0 saturated carbocycles. The Kier molecular flexibility index (Phi) is 4.04. The molecule has 18 heavy (non-hydrogen) atoms. The number of rotatable bonds is 3. The van der Waals surface area contributed by atoms with Crippen LogP contribution in [0.3, 0.4) is 0 Å². The van der Waals surface area contributed by atoms with E-state index < -0.39 is 15.1 Å². The Labute approximate surface area is 108 Å². The first-order valence-corrected chi connectivity index (χ1v) is 8.00. The van der Waals surface area contributed by atoms with Gasteiger partial charge in [0.25, 0.3) is 0 Å². The number of sulfone groups is 1. The number of hydrogen-bond acceptors (Lipinski definition) is 4. The molecule has 4 nitrogen and oxygen atoms in total. The number of hydrazine groups is 1. The fourth-order valence-corrected chi connectivity index (χ4v) is 4.72. The molecule has 3 N–H and O–H groups in total. The summed E-state index contributed by atoms with van der Waals surface area (Å²) >= 11 is 0. The van der Waals surface area contributed by atoms with Crippen molar-refractivity contribution < 1.29 is 8.42 Å². The van der Waals surface area contributed by atoms with Gasteiger partial charge in [0.1, 0.15) is 0 Å². The second kappa shape index (κ2) is 5.38. The summed E-state index contributed by atoms with van der Waals surface area (Å²) in [6, 6.07) is 7.54. The molecule has 1 heterocycles. The van der Waals surface area contributed by atoms with Crippen LogP contribution in [0.25, 0.3) is 0 Å². The third kappa shape index (κ3) is 2.74. The van der Waals surface area contributed by atoms with Gasteiger partial charge in [-0.15, -0.1) is 0 Å². The summed E-state index contributed by atoms with van der Waals surface area (Å²) in [7, 11) is -3.04. The monoisotopic (exact) mass is 268 g/mol. The molecule has 0 radical (unpaired) electrons. The first-order valence-electron chi connectivity index (χ1n) is 6.29. The third-order valence-electron chi connectivity index (χ3n) is 3.58. The van der Waals surface area contributed by atoms with Crippen molar-refractivity contribution in [3.05, 3.63) is 35.4 Å². The molecule has 1 aromatic carbocycles. The number of nitrogens with two attached hydrogens (primary N) is 1. The average molecular weight is 268 g/mol. The Morgan fingerprint density at radius 2 is 2.17 bits per heavy atom. The van der Waals surface area contributed by atoms with E-state index in [0.29, 0.717) is 6.42 Å². The molecule has 2 rings (SSSR count). The highest BCUT2D eigenvalue weighted by atomic mass is 32.2. The molecule has 1 aliphatic rings. The predicted molar refractivity (Wildman–Crippen MR) is 72.7 cm³/mol. The Morgan fingerprint density at radius 3 is 2.78 bits per heavy atom. The molecule has 100 valence electrons. The first-order chi connectivity index (χ1) is 8.54. The maximum absolute atomic E-state index is 12.1. The molecule has 2 unspecified atom stereocenters. The molecule has 1 aromatic rings. The van der Waals surface area contributed by atoms with E-state index in [0.717, 1.165) is 24.0 Å². The standard InChI is InChI=1S/C13H20N2O2S/c1-10-5-4-6-11(9-10)13(15-14)12-7-2-3-8-18(12,16)17/h4-6,9,12-13,15H,2-3,7-8,14H2,1H3. The molecule has 5 heteroatoms. The molecular weight excluding hydrogens is 248 g/mol. The smallest absolute Gasteiger partial charge is 0.155 e. The van der Waals surface area contributed by atoms with Crippen molar-refractivity contribution in [2.75, 3.05) is 5.75 Å². The lowest BCUT2D eigenvalue weighted by molar-refractivity contribution is 0.453. The number of hydrogen-bond donors (Lipinski definition) is 2. The summed E-state index contributed by atoms with van der Waals surface area (Å²) in [5.74, 6) is 5.87. The SMILES string of the molecule is Cc1cccc(C(NN)C2CCCCS2(=O)=O)c1. The largest absolute Gasteiger partial charge is 0.271 e. The lowest BCUT2D eigenvalue weighted by atomic mass is 9.98. The molecule has 1 saturated heterocycles. The van der Waals surface area contributed by atoms with Crippen LogP contribution in [-0.2, 0) is 9.84 Å². The Morgan fingerprint density at radius 1 is 1.39 bits per heavy atom. The van der Waals surface area contributed by atoms with Gasteiger partial charge in [-0.05, 0) is 25.3 Å². The van der Waals surface area contributed by atoms with Crippen LogP contribution in [0.2, 0.25) is 0 Å². The third-order valence-corrected chi connectivity index (χ3v) is 5.87. The molecular formula is C13H20N2O2S. The van der Waals surface area contributed by atoms with Crippen LogP contribution in [0.15, 0.2) is 24.3 Å². The molecule has 2 atom stereocenters. The summed E-state index contributed by atoms with van der Waals surface area (Å²) in [6.07, 6.45) is 2.41. The Balaban J connectivity index is 2.33. The zero-order valence-corrected chi connectivity index (χ0v) is 11.4. The highest BCUT2D eigenvalue weighted by Gasteiger charge is 2.35. The van der Waals surface area contributed by atoms with Crippen LogP contribution in [0, 0.1) is 6.92 Å². The lowest BCUT2D eigenvalue weighted by Crippen LogP contribution is -2.43. The van der Waals surface area contributed by atoms with E-state index >= 15 is 0 Å². The molecule has 0 amide bonds. The maximum Gasteiger partial charge on any atom is 0.155 e. The normalized spacial score (nSPS) is 24.7. The van der Waals surface area contributed by atoms with Crippen molar-refractivity contribution in [1.29, 1.82) is 0 Å². The van der Waals surface area contributed by atoms with Crippen molar-refractivity contribution in [3.8, 4) is 0 Å². The Hall–Kier alpha value is -0.910. The van der Waals surface area contributed by atoms with E-state index in [1.165, 1.54) is 0 Å². The van der Waals surface area contributed by atoms with E-state index in [9.17, 15) is 8.42 Å². The van der Waals surface area contributed by atoms with Crippen molar-refractivity contribution in [3.63, 3.8) is 0 Å². The van der Waals surface area contributed by atoms with Gasteiger partial charge in [-0.3, -0.25) is 11.3 Å². The fourth-order valence-electron chi connectivity index (χ4n) is 2.64. The minimum Gasteiger partial charge on any atom is -0.271 e. The van der Waals surface area contributed by atoms with Gasteiger partial charge in [-0.2, -0.15) is 0 Å². The minimum atomic E-state index is -3.04. The van der Waals surface area contributed by atoms with Crippen LogP contribution in [0.4, 0.5) is 0 Å².